The summed E-state index contributed by atoms with van der Waals surface area (Å²) in [6.07, 6.45) is 0.481. The molecule has 154 valence electrons. The quantitative estimate of drug-likeness (QED) is 0.207. The third-order valence-electron chi connectivity index (χ3n) is 3.91. The van der Waals surface area contributed by atoms with Crippen LogP contribution in [0.3, 0.4) is 0 Å². The fourth-order valence-electron chi connectivity index (χ4n) is 2.43. The summed E-state index contributed by atoms with van der Waals surface area (Å²) >= 11 is 18.0. The second-order valence-electron chi connectivity index (χ2n) is 6.18. The van der Waals surface area contributed by atoms with Gasteiger partial charge in [-0.05, 0) is 54.1 Å². The lowest BCUT2D eigenvalue weighted by Gasteiger charge is -2.26. The molecule has 0 spiro atoms. The Balaban J connectivity index is 1.63. The SMILES string of the molecule is O=C(N[C@H](Oc1ccc(C=NNc2ccccc2)cc1)C(Cl)(Cl)Cl)c1ccccc1. The van der Waals surface area contributed by atoms with Gasteiger partial charge < -0.3 is 10.1 Å². The summed E-state index contributed by atoms with van der Waals surface area (Å²) in [5.74, 6) is 0.00974. The molecule has 0 saturated carbocycles. The van der Waals surface area contributed by atoms with Crippen LogP contribution in [0.15, 0.2) is 90.0 Å². The number of alkyl halides is 3. The molecule has 0 aromatic heterocycles. The fraction of sp³-hybridized carbons (Fsp3) is 0.0909. The molecule has 8 heteroatoms. The third kappa shape index (κ3) is 6.66. The monoisotopic (exact) mass is 461 g/mol. The summed E-state index contributed by atoms with van der Waals surface area (Å²) in [6, 6.07) is 25.2. The Morgan fingerprint density at radius 2 is 1.50 bits per heavy atom. The summed E-state index contributed by atoms with van der Waals surface area (Å²) in [5, 5.41) is 6.77. The molecule has 3 aromatic rings. The van der Waals surface area contributed by atoms with E-state index in [2.05, 4.69) is 15.8 Å². The first-order chi connectivity index (χ1) is 14.4. The smallest absolute Gasteiger partial charge is 0.254 e. The van der Waals surface area contributed by atoms with E-state index in [4.69, 9.17) is 39.5 Å². The highest BCUT2D eigenvalue weighted by atomic mass is 35.6. The van der Waals surface area contributed by atoms with E-state index in [1.165, 1.54) is 0 Å². The van der Waals surface area contributed by atoms with Crippen molar-refractivity contribution in [3.05, 3.63) is 96.1 Å². The molecule has 1 amide bonds. The van der Waals surface area contributed by atoms with Gasteiger partial charge in [0.15, 0.2) is 0 Å². The van der Waals surface area contributed by atoms with E-state index in [1.807, 2.05) is 30.3 Å². The summed E-state index contributed by atoms with van der Waals surface area (Å²) in [4.78, 5) is 12.4. The van der Waals surface area contributed by atoms with Gasteiger partial charge in [0, 0.05) is 5.56 Å². The first-order valence-corrected chi connectivity index (χ1v) is 10.1. The van der Waals surface area contributed by atoms with Crippen LogP contribution in [0.5, 0.6) is 5.75 Å². The maximum atomic E-state index is 12.4. The largest absolute Gasteiger partial charge is 0.466 e. The lowest BCUT2D eigenvalue weighted by atomic mass is 10.2. The van der Waals surface area contributed by atoms with Gasteiger partial charge in [-0.15, -0.1) is 0 Å². The molecule has 5 nitrogen and oxygen atoms in total. The average molecular weight is 463 g/mol. The average Bonchev–Trinajstić information content (AvgIpc) is 2.75. The van der Waals surface area contributed by atoms with Crippen LogP contribution in [0.25, 0.3) is 0 Å². The molecular weight excluding hydrogens is 445 g/mol. The molecule has 0 aliphatic carbocycles. The highest BCUT2D eigenvalue weighted by Crippen LogP contribution is 2.32. The van der Waals surface area contributed by atoms with Crippen LogP contribution in [-0.4, -0.2) is 22.1 Å². The number of benzene rings is 3. The normalized spacial score (nSPS) is 12.4. The van der Waals surface area contributed by atoms with Crippen LogP contribution in [0.1, 0.15) is 15.9 Å². The predicted octanol–water partition coefficient (Wildman–Crippen LogP) is 5.64. The molecule has 0 aliphatic heterocycles. The minimum absolute atomic E-state index is 0.414. The van der Waals surface area contributed by atoms with Crippen molar-refractivity contribution in [1.82, 2.24) is 5.32 Å². The van der Waals surface area contributed by atoms with Crippen LogP contribution in [0.4, 0.5) is 5.69 Å². The highest BCUT2D eigenvalue weighted by molar-refractivity contribution is 6.68. The van der Waals surface area contributed by atoms with Crippen LogP contribution in [-0.2, 0) is 0 Å². The molecule has 0 saturated heterocycles. The molecule has 1 atom stereocenters. The van der Waals surface area contributed by atoms with E-state index >= 15 is 0 Å². The topological polar surface area (TPSA) is 62.7 Å². The Hall–Kier alpha value is -2.73. The van der Waals surface area contributed by atoms with Gasteiger partial charge in [-0.1, -0.05) is 71.2 Å². The van der Waals surface area contributed by atoms with Gasteiger partial charge in [-0.3, -0.25) is 10.2 Å². The van der Waals surface area contributed by atoms with Crippen molar-refractivity contribution in [2.24, 2.45) is 5.10 Å². The number of ether oxygens (including phenoxy) is 1. The minimum atomic E-state index is -1.87. The molecule has 2 N–H and O–H groups in total. The number of nitrogens with zero attached hydrogens (tertiary/aromatic N) is 1. The molecular formula is C22H18Cl3N3O2. The van der Waals surface area contributed by atoms with Crippen LogP contribution in [0, 0.1) is 0 Å². The zero-order valence-corrected chi connectivity index (χ0v) is 17.9. The van der Waals surface area contributed by atoms with Crippen molar-refractivity contribution in [2.45, 2.75) is 10.0 Å². The predicted molar refractivity (Wildman–Crippen MR) is 123 cm³/mol. The second kappa shape index (κ2) is 10.3. The van der Waals surface area contributed by atoms with Crippen LogP contribution < -0.4 is 15.5 Å². The third-order valence-corrected chi connectivity index (χ3v) is 4.51. The first-order valence-electron chi connectivity index (χ1n) is 8.95. The Bertz CT molecular complexity index is 976. The molecule has 0 heterocycles. The highest BCUT2D eigenvalue weighted by Gasteiger charge is 2.36. The molecule has 0 bridgehead atoms. The number of halogens is 3. The van der Waals surface area contributed by atoms with Gasteiger partial charge in [-0.2, -0.15) is 5.10 Å². The van der Waals surface area contributed by atoms with Crippen molar-refractivity contribution in [3.8, 4) is 5.75 Å². The summed E-state index contributed by atoms with van der Waals surface area (Å²) < 4.78 is 3.84. The van der Waals surface area contributed by atoms with Gasteiger partial charge >= 0.3 is 0 Å². The Morgan fingerprint density at radius 3 is 2.10 bits per heavy atom. The zero-order chi connectivity index (χ0) is 21.4. The van der Waals surface area contributed by atoms with Crippen LogP contribution in [0.2, 0.25) is 0 Å². The maximum Gasteiger partial charge on any atom is 0.254 e. The number of anilines is 1. The Morgan fingerprint density at radius 1 is 0.900 bits per heavy atom. The van der Waals surface area contributed by atoms with E-state index in [9.17, 15) is 4.79 Å². The first kappa shape index (κ1) is 22.0. The van der Waals surface area contributed by atoms with E-state index in [1.54, 1.807) is 60.8 Å². The number of amides is 1. The van der Waals surface area contributed by atoms with Crippen molar-refractivity contribution in [2.75, 3.05) is 5.43 Å². The number of hydrogen-bond acceptors (Lipinski definition) is 4. The van der Waals surface area contributed by atoms with E-state index < -0.39 is 15.9 Å². The fourth-order valence-corrected chi connectivity index (χ4v) is 2.73. The van der Waals surface area contributed by atoms with Crippen LogP contribution >= 0.6 is 34.8 Å². The second-order valence-corrected chi connectivity index (χ2v) is 8.55. The molecule has 0 unspecified atom stereocenters. The number of para-hydroxylation sites is 1. The summed E-state index contributed by atoms with van der Waals surface area (Å²) in [5.41, 5.74) is 5.08. The minimum Gasteiger partial charge on any atom is -0.466 e. The van der Waals surface area contributed by atoms with Gasteiger partial charge in [-0.25, -0.2) is 0 Å². The number of hydrazone groups is 1. The van der Waals surface area contributed by atoms with Gasteiger partial charge in [0.05, 0.1) is 11.9 Å². The molecule has 0 fully saturated rings. The van der Waals surface area contributed by atoms with Gasteiger partial charge in [0.1, 0.15) is 5.75 Å². The molecule has 0 aliphatic rings. The maximum absolute atomic E-state index is 12.4. The van der Waals surface area contributed by atoms with Gasteiger partial charge in [0.25, 0.3) is 5.91 Å². The number of carbonyl (C=O) groups is 1. The lowest BCUT2D eigenvalue weighted by Crippen LogP contribution is -2.47. The summed E-state index contributed by atoms with van der Waals surface area (Å²) in [6.45, 7) is 0. The number of hydrogen-bond donors (Lipinski definition) is 2. The molecule has 3 rings (SSSR count). The lowest BCUT2D eigenvalue weighted by molar-refractivity contribution is 0.0833. The van der Waals surface area contributed by atoms with Crippen molar-refractivity contribution in [1.29, 1.82) is 0 Å². The van der Waals surface area contributed by atoms with E-state index in [0.717, 1.165) is 11.3 Å². The van der Waals surface area contributed by atoms with Crippen molar-refractivity contribution < 1.29 is 9.53 Å². The van der Waals surface area contributed by atoms with E-state index in [0.29, 0.717) is 11.3 Å². The molecule has 3 aromatic carbocycles. The standard InChI is InChI=1S/C22H18Cl3N3O2/c23-22(24,25)21(27-20(29)17-7-3-1-4-8-17)30-19-13-11-16(12-14-19)15-26-28-18-9-5-2-6-10-18/h1-15,21,28H,(H,27,29)/t21-/m1/s1. The molecule has 0 radical (unpaired) electrons. The van der Waals surface area contributed by atoms with Gasteiger partial charge in [0.2, 0.25) is 10.0 Å². The number of carbonyl (C=O) groups excluding carboxylic acids is 1. The van der Waals surface area contributed by atoms with E-state index in [-0.39, 0.29) is 0 Å². The zero-order valence-electron chi connectivity index (χ0n) is 15.6. The summed E-state index contributed by atoms with van der Waals surface area (Å²) in [7, 11) is 0. The Kier molecular flexibility index (Phi) is 7.57. The Labute approximate surface area is 189 Å². The van der Waals surface area contributed by atoms with Crippen molar-refractivity contribution in [3.63, 3.8) is 0 Å². The molecule has 30 heavy (non-hydrogen) atoms. The van der Waals surface area contributed by atoms with Crippen molar-refractivity contribution >= 4 is 52.6 Å². The number of rotatable bonds is 7. The number of nitrogens with one attached hydrogen (secondary N) is 2.